The summed E-state index contributed by atoms with van der Waals surface area (Å²) < 4.78 is 5.78. The standard InChI is InChI=1S/C8H11N3O3/c1-5(6(2)12)11-4-7(9-10-11)8(13)14-3/h4-5H,1-3H3. The molecule has 0 spiro atoms. The summed E-state index contributed by atoms with van der Waals surface area (Å²) in [7, 11) is 1.26. The number of hydrogen-bond donors (Lipinski definition) is 0. The maximum atomic E-state index is 11.0. The maximum absolute atomic E-state index is 11.0. The largest absolute Gasteiger partial charge is 0.464 e. The van der Waals surface area contributed by atoms with Gasteiger partial charge in [-0.1, -0.05) is 5.21 Å². The number of hydrogen-bond acceptors (Lipinski definition) is 5. The van der Waals surface area contributed by atoms with E-state index in [0.717, 1.165) is 0 Å². The topological polar surface area (TPSA) is 74.1 Å². The highest BCUT2D eigenvalue weighted by molar-refractivity contribution is 5.86. The second-order valence-electron chi connectivity index (χ2n) is 2.86. The highest BCUT2D eigenvalue weighted by Crippen LogP contribution is 2.05. The van der Waals surface area contributed by atoms with Crippen LogP contribution in [-0.4, -0.2) is 33.9 Å². The fraction of sp³-hybridized carbons (Fsp3) is 0.500. The Labute approximate surface area is 80.9 Å². The molecule has 1 unspecified atom stereocenters. The van der Waals surface area contributed by atoms with Gasteiger partial charge in [-0.05, 0) is 13.8 Å². The third kappa shape index (κ3) is 1.95. The normalized spacial score (nSPS) is 12.2. The molecule has 1 rings (SSSR count). The maximum Gasteiger partial charge on any atom is 0.360 e. The van der Waals surface area contributed by atoms with Crippen molar-refractivity contribution in [2.24, 2.45) is 0 Å². The molecule has 1 heterocycles. The minimum atomic E-state index is -0.563. The van der Waals surface area contributed by atoms with E-state index in [-0.39, 0.29) is 11.5 Å². The molecule has 0 aliphatic rings. The van der Waals surface area contributed by atoms with Crippen molar-refractivity contribution in [3.8, 4) is 0 Å². The van der Waals surface area contributed by atoms with Crippen LogP contribution in [0.1, 0.15) is 30.4 Å². The fourth-order valence-corrected chi connectivity index (χ4v) is 0.850. The summed E-state index contributed by atoms with van der Waals surface area (Å²) in [4.78, 5) is 22.0. The summed E-state index contributed by atoms with van der Waals surface area (Å²) in [6.45, 7) is 3.13. The van der Waals surface area contributed by atoms with Crippen molar-refractivity contribution >= 4 is 11.8 Å². The van der Waals surface area contributed by atoms with Gasteiger partial charge < -0.3 is 4.74 Å². The predicted molar refractivity (Wildman–Crippen MR) is 46.8 cm³/mol. The van der Waals surface area contributed by atoms with Gasteiger partial charge in [-0.2, -0.15) is 0 Å². The number of methoxy groups -OCH3 is 1. The zero-order chi connectivity index (χ0) is 10.7. The summed E-state index contributed by atoms with van der Waals surface area (Å²) >= 11 is 0. The number of carbonyl (C=O) groups excluding carboxylic acids is 2. The Morgan fingerprint density at radius 2 is 2.21 bits per heavy atom. The quantitative estimate of drug-likeness (QED) is 0.648. The summed E-state index contributed by atoms with van der Waals surface area (Å²) in [5, 5.41) is 7.23. The third-order valence-corrected chi connectivity index (χ3v) is 1.89. The molecule has 0 saturated heterocycles. The zero-order valence-electron chi connectivity index (χ0n) is 8.22. The molecule has 1 atom stereocenters. The molecule has 0 aromatic carbocycles. The highest BCUT2D eigenvalue weighted by atomic mass is 16.5. The van der Waals surface area contributed by atoms with Gasteiger partial charge in [-0.3, -0.25) is 4.79 Å². The van der Waals surface area contributed by atoms with Crippen LogP contribution in [0.15, 0.2) is 6.20 Å². The van der Waals surface area contributed by atoms with E-state index >= 15 is 0 Å². The van der Waals surface area contributed by atoms with E-state index in [0.29, 0.717) is 0 Å². The molecule has 0 amide bonds. The van der Waals surface area contributed by atoms with Crippen molar-refractivity contribution in [2.45, 2.75) is 19.9 Å². The van der Waals surface area contributed by atoms with Crippen molar-refractivity contribution in [1.29, 1.82) is 0 Å². The molecular weight excluding hydrogens is 186 g/mol. The van der Waals surface area contributed by atoms with Crippen molar-refractivity contribution in [3.63, 3.8) is 0 Å². The lowest BCUT2D eigenvalue weighted by atomic mass is 10.2. The number of esters is 1. The first-order valence-electron chi connectivity index (χ1n) is 4.07. The Balaban J connectivity index is 2.88. The van der Waals surface area contributed by atoms with Crippen molar-refractivity contribution in [1.82, 2.24) is 15.0 Å². The van der Waals surface area contributed by atoms with Gasteiger partial charge >= 0.3 is 5.97 Å². The van der Waals surface area contributed by atoms with Crippen LogP contribution in [0.3, 0.4) is 0 Å². The molecule has 1 aromatic heterocycles. The molecule has 0 radical (unpaired) electrons. The van der Waals surface area contributed by atoms with Gasteiger partial charge in [0.25, 0.3) is 0 Å². The van der Waals surface area contributed by atoms with Gasteiger partial charge in [0.15, 0.2) is 11.5 Å². The molecular formula is C8H11N3O3. The van der Waals surface area contributed by atoms with Crippen molar-refractivity contribution < 1.29 is 14.3 Å². The van der Waals surface area contributed by atoms with Crippen LogP contribution in [0.4, 0.5) is 0 Å². The monoisotopic (exact) mass is 197 g/mol. The molecule has 0 aliphatic carbocycles. The van der Waals surface area contributed by atoms with E-state index < -0.39 is 12.0 Å². The lowest BCUT2D eigenvalue weighted by molar-refractivity contribution is -0.119. The second-order valence-corrected chi connectivity index (χ2v) is 2.86. The number of Topliss-reactive ketones (excluding diaryl/α,β-unsaturated/α-hetero) is 1. The number of carbonyl (C=O) groups is 2. The van der Waals surface area contributed by atoms with E-state index in [2.05, 4.69) is 15.0 Å². The van der Waals surface area contributed by atoms with E-state index in [9.17, 15) is 9.59 Å². The number of rotatable bonds is 3. The molecule has 6 nitrogen and oxygen atoms in total. The van der Waals surface area contributed by atoms with Gasteiger partial charge in [-0.15, -0.1) is 5.10 Å². The Hall–Kier alpha value is -1.72. The average molecular weight is 197 g/mol. The average Bonchev–Trinajstić information content (AvgIpc) is 2.64. The summed E-state index contributed by atoms with van der Waals surface area (Å²) in [6.07, 6.45) is 1.39. The zero-order valence-corrected chi connectivity index (χ0v) is 8.22. The highest BCUT2D eigenvalue weighted by Gasteiger charge is 2.15. The lowest BCUT2D eigenvalue weighted by Crippen LogP contribution is -2.13. The molecule has 1 aromatic rings. The van der Waals surface area contributed by atoms with Crippen LogP contribution < -0.4 is 0 Å². The van der Waals surface area contributed by atoms with Crippen LogP contribution in [0.5, 0.6) is 0 Å². The molecule has 0 saturated carbocycles. The van der Waals surface area contributed by atoms with E-state index in [1.165, 1.54) is 24.9 Å². The first-order valence-corrected chi connectivity index (χ1v) is 4.07. The molecule has 6 heteroatoms. The van der Waals surface area contributed by atoms with Crippen molar-refractivity contribution in [2.75, 3.05) is 7.11 Å². The summed E-state index contributed by atoms with van der Waals surface area (Å²) in [6, 6.07) is -0.416. The Morgan fingerprint density at radius 3 is 2.71 bits per heavy atom. The van der Waals surface area contributed by atoms with Crippen LogP contribution >= 0.6 is 0 Å². The Morgan fingerprint density at radius 1 is 1.57 bits per heavy atom. The molecule has 76 valence electrons. The van der Waals surface area contributed by atoms with Crippen LogP contribution in [0.2, 0.25) is 0 Å². The van der Waals surface area contributed by atoms with Gasteiger partial charge in [0.2, 0.25) is 0 Å². The Kier molecular flexibility index (Phi) is 2.95. The molecule has 0 bridgehead atoms. The summed E-state index contributed by atoms with van der Waals surface area (Å²) in [5.74, 6) is -0.613. The first-order chi connectivity index (χ1) is 6.56. The lowest BCUT2D eigenvalue weighted by Gasteiger charge is -2.04. The minimum Gasteiger partial charge on any atom is -0.464 e. The molecule has 0 N–H and O–H groups in total. The molecule has 14 heavy (non-hydrogen) atoms. The van der Waals surface area contributed by atoms with Gasteiger partial charge in [0, 0.05) is 0 Å². The van der Waals surface area contributed by atoms with E-state index in [1.54, 1.807) is 6.92 Å². The van der Waals surface area contributed by atoms with Crippen LogP contribution in [0.25, 0.3) is 0 Å². The summed E-state index contributed by atoms with van der Waals surface area (Å²) in [5.41, 5.74) is 0.0978. The third-order valence-electron chi connectivity index (χ3n) is 1.89. The second kappa shape index (κ2) is 3.99. The number of ether oxygens (including phenoxy) is 1. The van der Waals surface area contributed by atoms with Crippen molar-refractivity contribution in [3.05, 3.63) is 11.9 Å². The fourth-order valence-electron chi connectivity index (χ4n) is 0.850. The van der Waals surface area contributed by atoms with Gasteiger partial charge in [0.1, 0.15) is 6.04 Å². The number of ketones is 1. The van der Waals surface area contributed by atoms with Crippen LogP contribution in [0, 0.1) is 0 Å². The first kappa shape index (κ1) is 10.4. The minimum absolute atomic E-state index is 0.0497. The van der Waals surface area contributed by atoms with Gasteiger partial charge in [0.05, 0.1) is 13.3 Å². The SMILES string of the molecule is COC(=O)c1cn(C(C)C(C)=O)nn1. The number of nitrogens with zero attached hydrogens (tertiary/aromatic N) is 3. The van der Waals surface area contributed by atoms with E-state index in [1.807, 2.05) is 0 Å². The van der Waals surface area contributed by atoms with E-state index in [4.69, 9.17) is 0 Å². The van der Waals surface area contributed by atoms with Crippen LogP contribution in [-0.2, 0) is 9.53 Å². The number of aromatic nitrogens is 3. The smallest absolute Gasteiger partial charge is 0.360 e. The molecule has 0 aliphatic heterocycles. The molecule has 0 fully saturated rings. The van der Waals surface area contributed by atoms with Gasteiger partial charge in [-0.25, -0.2) is 9.48 Å². The predicted octanol–water partition coefficient (Wildman–Crippen LogP) is 0.215. The Bertz CT molecular complexity index is 358.